The van der Waals surface area contributed by atoms with Crippen molar-refractivity contribution in [3.05, 3.63) is 35.4 Å². The number of aliphatic carboxylic acids is 1. The van der Waals surface area contributed by atoms with Gasteiger partial charge in [-0.2, -0.15) is 0 Å². The highest BCUT2D eigenvalue weighted by Gasteiger charge is 2.74. The Morgan fingerprint density at radius 3 is 2.47 bits per heavy atom. The number of fused-ring (bicyclic) bond motifs is 1. The second-order valence-corrected chi connectivity index (χ2v) is 6.61. The van der Waals surface area contributed by atoms with Crippen LogP contribution in [0.2, 0.25) is 0 Å². The zero-order chi connectivity index (χ0) is 13.1. The fourth-order valence-electron chi connectivity index (χ4n) is 5.42. The maximum Gasteiger partial charge on any atom is 0.307 e. The molecule has 0 unspecified atom stereocenters. The first-order valence-electron chi connectivity index (χ1n) is 7.55. The van der Waals surface area contributed by atoms with Crippen LogP contribution in [-0.2, 0) is 15.6 Å². The normalized spacial score (nSPS) is 39.5. The molecule has 1 N–H and O–H groups in total. The highest BCUT2D eigenvalue weighted by molar-refractivity contribution is 5.80. The Morgan fingerprint density at radius 2 is 1.74 bits per heavy atom. The van der Waals surface area contributed by atoms with Crippen LogP contribution in [0.1, 0.15) is 56.1 Å². The van der Waals surface area contributed by atoms with Crippen molar-refractivity contribution in [1.82, 2.24) is 0 Å². The Kier molecular flexibility index (Phi) is 2.19. The molecule has 3 aliphatic rings. The number of rotatable bonds is 1. The molecule has 2 saturated carbocycles. The fraction of sp³-hybridized carbons (Fsp3) is 0.588. The average Bonchev–Trinajstić information content (AvgIpc) is 2.40. The van der Waals surface area contributed by atoms with Crippen LogP contribution in [0.3, 0.4) is 0 Å². The van der Waals surface area contributed by atoms with Crippen molar-refractivity contribution in [2.75, 3.05) is 0 Å². The molecule has 0 amide bonds. The van der Waals surface area contributed by atoms with Gasteiger partial charge in [0.05, 0.1) is 5.92 Å². The summed E-state index contributed by atoms with van der Waals surface area (Å²) in [6.07, 6.45) is 8.21. The summed E-state index contributed by atoms with van der Waals surface area (Å²) < 4.78 is 0. The zero-order valence-electron chi connectivity index (χ0n) is 11.2. The van der Waals surface area contributed by atoms with Crippen LogP contribution in [-0.4, -0.2) is 11.1 Å². The van der Waals surface area contributed by atoms with Crippen molar-refractivity contribution in [3.8, 4) is 0 Å². The first kappa shape index (κ1) is 11.5. The van der Waals surface area contributed by atoms with Crippen molar-refractivity contribution in [2.45, 2.75) is 55.8 Å². The molecular formula is C17H20O2. The van der Waals surface area contributed by atoms with Gasteiger partial charge in [0, 0.05) is 10.8 Å². The molecule has 2 nitrogen and oxygen atoms in total. The predicted molar refractivity (Wildman–Crippen MR) is 73.2 cm³/mol. The fourth-order valence-corrected chi connectivity index (χ4v) is 5.42. The van der Waals surface area contributed by atoms with Crippen LogP contribution in [0.25, 0.3) is 0 Å². The maximum absolute atomic E-state index is 11.6. The second kappa shape index (κ2) is 3.62. The van der Waals surface area contributed by atoms with Crippen molar-refractivity contribution in [1.29, 1.82) is 0 Å². The Bertz CT molecular complexity index is 550. The first-order valence-corrected chi connectivity index (χ1v) is 7.55. The number of hydrogen-bond acceptors (Lipinski definition) is 1. The monoisotopic (exact) mass is 256 g/mol. The minimum atomic E-state index is -0.578. The third kappa shape index (κ3) is 1.12. The summed E-state index contributed by atoms with van der Waals surface area (Å²) >= 11 is 0. The van der Waals surface area contributed by atoms with Crippen LogP contribution >= 0.6 is 0 Å². The van der Waals surface area contributed by atoms with Crippen LogP contribution in [0, 0.1) is 5.92 Å². The molecule has 19 heavy (non-hydrogen) atoms. The van der Waals surface area contributed by atoms with Gasteiger partial charge < -0.3 is 5.11 Å². The summed E-state index contributed by atoms with van der Waals surface area (Å²) in [5.74, 6) is -0.716. The standard InChI is InChI=1S/C17H20O2/c18-15(19)14-11-16-9-5-1-2-6-10-17(14,16)13-8-4-3-7-12(13)16/h3-4,7-8,14H,1-2,5-6,9-11H2,(H,18,19)/t14-,16+,17+/m0/s1. The molecule has 0 aromatic heterocycles. The van der Waals surface area contributed by atoms with Gasteiger partial charge >= 0.3 is 5.97 Å². The molecule has 4 rings (SSSR count). The molecule has 3 atom stereocenters. The number of hydrogen-bond donors (Lipinski definition) is 1. The van der Waals surface area contributed by atoms with E-state index in [4.69, 9.17) is 0 Å². The minimum Gasteiger partial charge on any atom is -0.481 e. The molecule has 0 radical (unpaired) electrons. The van der Waals surface area contributed by atoms with Crippen LogP contribution < -0.4 is 0 Å². The average molecular weight is 256 g/mol. The zero-order valence-corrected chi connectivity index (χ0v) is 11.2. The molecule has 3 aliphatic carbocycles. The van der Waals surface area contributed by atoms with E-state index in [2.05, 4.69) is 24.3 Å². The summed E-state index contributed by atoms with van der Waals surface area (Å²) in [6, 6.07) is 8.62. The Morgan fingerprint density at radius 1 is 1.05 bits per heavy atom. The molecule has 0 spiro atoms. The van der Waals surface area contributed by atoms with Crippen molar-refractivity contribution >= 4 is 5.97 Å². The molecule has 2 fully saturated rings. The lowest BCUT2D eigenvalue weighted by atomic mass is 9.29. The van der Waals surface area contributed by atoms with E-state index in [0.29, 0.717) is 0 Å². The van der Waals surface area contributed by atoms with E-state index in [-0.39, 0.29) is 16.7 Å². The van der Waals surface area contributed by atoms with Crippen LogP contribution in [0.5, 0.6) is 0 Å². The van der Waals surface area contributed by atoms with Gasteiger partial charge in [0.25, 0.3) is 0 Å². The highest BCUT2D eigenvalue weighted by Crippen LogP contribution is 2.75. The smallest absolute Gasteiger partial charge is 0.307 e. The van der Waals surface area contributed by atoms with Crippen molar-refractivity contribution < 1.29 is 9.90 Å². The lowest BCUT2D eigenvalue weighted by Gasteiger charge is -2.72. The van der Waals surface area contributed by atoms with Crippen LogP contribution in [0.15, 0.2) is 24.3 Å². The maximum atomic E-state index is 11.6. The largest absolute Gasteiger partial charge is 0.481 e. The lowest BCUT2D eigenvalue weighted by molar-refractivity contribution is -0.164. The van der Waals surface area contributed by atoms with Gasteiger partial charge in [0.1, 0.15) is 0 Å². The number of carboxylic acids is 1. The topological polar surface area (TPSA) is 37.3 Å². The molecule has 0 aliphatic heterocycles. The van der Waals surface area contributed by atoms with Gasteiger partial charge in [-0.15, -0.1) is 0 Å². The Labute approximate surface area is 113 Å². The molecule has 2 heteroatoms. The van der Waals surface area contributed by atoms with Crippen molar-refractivity contribution in [3.63, 3.8) is 0 Å². The van der Waals surface area contributed by atoms with Gasteiger partial charge in [-0.25, -0.2) is 0 Å². The van der Waals surface area contributed by atoms with Crippen LogP contribution in [0.4, 0.5) is 0 Å². The second-order valence-electron chi connectivity index (χ2n) is 6.61. The number of benzene rings is 1. The lowest BCUT2D eigenvalue weighted by Crippen LogP contribution is -2.73. The summed E-state index contributed by atoms with van der Waals surface area (Å²) in [5, 5.41) is 9.57. The van der Waals surface area contributed by atoms with Gasteiger partial charge in [0.15, 0.2) is 0 Å². The number of carbonyl (C=O) groups is 1. The Hall–Kier alpha value is -1.31. The summed E-state index contributed by atoms with van der Waals surface area (Å²) in [7, 11) is 0. The SMILES string of the molecule is O=C(O)[C@@H]1C[C@@]23CCCCCC[C@@]12c1ccccc13. The Balaban J connectivity index is 1.87. The minimum absolute atomic E-state index is 0.0180. The molecular weight excluding hydrogens is 236 g/mol. The van der Waals surface area contributed by atoms with Gasteiger partial charge in [0.2, 0.25) is 0 Å². The van der Waals surface area contributed by atoms with Crippen molar-refractivity contribution in [2.24, 2.45) is 5.92 Å². The van der Waals surface area contributed by atoms with Gasteiger partial charge in [-0.3, -0.25) is 4.79 Å². The van der Waals surface area contributed by atoms with Gasteiger partial charge in [-0.05, 0) is 30.4 Å². The van der Waals surface area contributed by atoms with Gasteiger partial charge in [-0.1, -0.05) is 49.9 Å². The van der Waals surface area contributed by atoms with E-state index in [1.54, 1.807) is 0 Å². The van der Waals surface area contributed by atoms with E-state index in [1.165, 1.54) is 43.2 Å². The molecule has 0 saturated heterocycles. The molecule has 0 bridgehead atoms. The molecule has 1 aromatic carbocycles. The molecule has 0 heterocycles. The van der Waals surface area contributed by atoms with E-state index >= 15 is 0 Å². The summed E-state index contributed by atoms with van der Waals surface area (Å²) in [6.45, 7) is 0. The predicted octanol–water partition coefficient (Wildman–Crippen LogP) is 3.63. The van der Waals surface area contributed by atoms with E-state index in [1.807, 2.05) is 0 Å². The third-order valence-corrected chi connectivity index (χ3v) is 6.15. The van der Waals surface area contributed by atoms with E-state index in [0.717, 1.165) is 12.8 Å². The first-order chi connectivity index (χ1) is 9.22. The molecule has 100 valence electrons. The number of carboxylic acid groups (broad SMARTS) is 1. The highest BCUT2D eigenvalue weighted by atomic mass is 16.4. The third-order valence-electron chi connectivity index (χ3n) is 6.15. The summed E-state index contributed by atoms with van der Waals surface area (Å²) in [5.41, 5.74) is 3.02. The van der Waals surface area contributed by atoms with E-state index < -0.39 is 5.97 Å². The quantitative estimate of drug-likeness (QED) is 0.833. The molecule has 1 aromatic rings. The summed E-state index contributed by atoms with van der Waals surface area (Å²) in [4.78, 5) is 11.6. The van der Waals surface area contributed by atoms with E-state index in [9.17, 15) is 9.90 Å².